The van der Waals surface area contributed by atoms with Crippen LogP contribution in [0.15, 0.2) is 16.9 Å². The van der Waals surface area contributed by atoms with Crippen LogP contribution in [0.25, 0.3) is 10.9 Å². The number of pyridine rings is 1. The molecule has 1 fully saturated rings. The van der Waals surface area contributed by atoms with Crippen molar-refractivity contribution in [3.05, 3.63) is 44.7 Å². The zero-order valence-electron chi connectivity index (χ0n) is 14.1. The molecule has 0 bridgehead atoms. The Labute approximate surface area is 132 Å². The van der Waals surface area contributed by atoms with Gasteiger partial charge in [-0.15, -0.1) is 0 Å². The number of hydrogen-bond donors (Lipinski definition) is 1. The van der Waals surface area contributed by atoms with Gasteiger partial charge >= 0.3 is 0 Å². The van der Waals surface area contributed by atoms with Gasteiger partial charge in [-0.25, -0.2) is 0 Å². The van der Waals surface area contributed by atoms with Crippen LogP contribution in [0.4, 0.5) is 0 Å². The fraction of sp³-hybridized carbons (Fsp3) is 0.526. The van der Waals surface area contributed by atoms with Gasteiger partial charge in [0.05, 0.1) is 5.52 Å². The van der Waals surface area contributed by atoms with E-state index in [1.807, 2.05) is 13.0 Å². The number of aromatic amines is 1. The summed E-state index contributed by atoms with van der Waals surface area (Å²) in [4.78, 5) is 18.9. The maximum Gasteiger partial charge on any atom is 0.194 e. The van der Waals surface area contributed by atoms with E-state index in [2.05, 4.69) is 36.7 Å². The lowest BCUT2D eigenvalue weighted by molar-refractivity contribution is 0.152. The molecule has 22 heavy (non-hydrogen) atoms. The number of nitrogens with one attached hydrogen (secondary N) is 1. The molecular weight excluding hydrogens is 272 g/mol. The zero-order chi connectivity index (χ0) is 15.9. The minimum atomic E-state index is 0.204. The van der Waals surface area contributed by atoms with Crippen molar-refractivity contribution in [2.75, 3.05) is 6.54 Å². The lowest BCUT2D eigenvalue weighted by atomic mass is 10.00. The number of H-pyrrole nitrogens is 1. The van der Waals surface area contributed by atoms with E-state index in [-0.39, 0.29) is 5.43 Å². The van der Waals surface area contributed by atoms with Crippen LogP contribution in [0.3, 0.4) is 0 Å². The Morgan fingerprint density at radius 3 is 2.73 bits per heavy atom. The van der Waals surface area contributed by atoms with E-state index in [1.165, 1.54) is 19.3 Å². The molecule has 1 aliphatic rings. The minimum absolute atomic E-state index is 0.204. The van der Waals surface area contributed by atoms with E-state index in [0.29, 0.717) is 6.04 Å². The molecule has 2 aromatic rings. The second-order valence-electron chi connectivity index (χ2n) is 6.88. The Balaban J connectivity index is 2.08. The van der Waals surface area contributed by atoms with E-state index in [9.17, 15) is 4.79 Å². The van der Waals surface area contributed by atoms with Gasteiger partial charge in [0.25, 0.3) is 0 Å². The third-order valence-corrected chi connectivity index (χ3v) is 5.07. The van der Waals surface area contributed by atoms with Gasteiger partial charge in [-0.1, -0.05) is 12.5 Å². The number of hydrogen-bond acceptors (Lipinski definition) is 2. The molecule has 0 saturated carbocycles. The van der Waals surface area contributed by atoms with E-state index in [1.54, 1.807) is 0 Å². The van der Waals surface area contributed by atoms with Gasteiger partial charge in [0.15, 0.2) is 5.43 Å². The molecule has 1 aromatic carbocycles. The molecule has 118 valence electrons. The van der Waals surface area contributed by atoms with Crippen molar-refractivity contribution in [1.82, 2.24) is 9.88 Å². The molecule has 3 rings (SSSR count). The van der Waals surface area contributed by atoms with Crippen molar-refractivity contribution < 1.29 is 0 Å². The van der Waals surface area contributed by atoms with Crippen molar-refractivity contribution in [2.24, 2.45) is 0 Å². The summed E-state index contributed by atoms with van der Waals surface area (Å²) in [6.45, 7) is 10.3. The molecule has 3 nitrogen and oxygen atoms in total. The fourth-order valence-electron chi connectivity index (χ4n) is 3.69. The van der Waals surface area contributed by atoms with Crippen molar-refractivity contribution in [1.29, 1.82) is 0 Å². The van der Waals surface area contributed by atoms with Gasteiger partial charge in [-0.3, -0.25) is 9.69 Å². The largest absolute Gasteiger partial charge is 0.358 e. The number of benzene rings is 1. The third kappa shape index (κ3) is 2.70. The second-order valence-corrected chi connectivity index (χ2v) is 6.88. The van der Waals surface area contributed by atoms with Gasteiger partial charge in [0, 0.05) is 29.2 Å². The summed E-state index contributed by atoms with van der Waals surface area (Å²) >= 11 is 0. The summed E-state index contributed by atoms with van der Waals surface area (Å²) in [6, 6.07) is 4.72. The normalized spacial score (nSPS) is 19.7. The summed E-state index contributed by atoms with van der Waals surface area (Å²) in [5.41, 5.74) is 5.44. The molecule has 1 N–H and O–H groups in total. The average Bonchev–Trinajstić information content (AvgIpc) is 2.47. The summed E-state index contributed by atoms with van der Waals surface area (Å²) in [5.74, 6) is 0. The molecule has 2 heterocycles. The van der Waals surface area contributed by atoms with Crippen molar-refractivity contribution >= 4 is 10.9 Å². The highest BCUT2D eigenvalue weighted by Crippen LogP contribution is 2.22. The number of fused-ring (bicyclic) bond motifs is 1. The maximum absolute atomic E-state index is 13.0. The molecule has 1 atom stereocenters. The van der Waals surface area contributed by atoms with Crippen LogP contribution in [0, 0.1) is 20.8 Å². The summed E-state index contributed by atoms with van der Waals surface area (Å²) < 4.78 is 0. The quantitative estimate of drug-likeness (QED) is 0.914. The van der Waals surface area contributed by atoms with Crippen LogP contribution in [0.2, 0.25) is 0 Å². The number of aryl methyl sites for hydroxylation is 3. The van der Waals surface area contributed by atoms with Gasteiger partial charge in [-0.05, 0) is 64.3 Å². The first-order valence-electron chi connectivity index (χ1n) is 8.34. The molecule has 0 spiro atoms. The standard InChI is InChI=1S/C19H26N2O/c1-12-9-13(2)18-16(10-12)19(22)17(15(4)20-18)11-21-8-6-5-7-14(21)3/h9-10,14H,5-8,11H2,1-4H3,(H,20,22). The molecular formula is C19H26N2O. The lowest BCUT2D eigenvalue weighted by Crippen LogP contribution is -2.38. The first-order valence-corrected chi connectivity index (χ1v) is 8.34. The highest BCUT2D eigenvalue weighted by atomic mass is 16.1. The topological polar surface area (TPSA) is 36.1 Å². The van der Waals surface area contributed by atoms with Crippen LogP contribution in [-0.2, 0) is 6.54 Å². The van der Waals surface area contributed by atoms with Gasteiger partial charge in [-0.2, -0.15) is 0 Å². The van der Waals surface area contributed by atoms with E-state index in [4.69, 9.17) is 0 Å². The first kappa shape index (κ1) is 15.3. The SMILES string of the molecule is Cc1cc(C)c2[nH]c(C)c(CN3CCCCC3C)c(=O)c2c1. The van der Waals surface area contributed by atoms with Crippen LogP contribution >= 0.6 is 0 Å². The molecule has 1 aromatic heterocycles. The molecule has 0 radical (unpaired) electrons. The smallest absolute Gasteiger partial charge is 0.194 e. The Morgan fingerprint density at radius 1 is 1.23 bits per heavy atom. The number of likely N-dealkylation sites (tertiary alicyclic amines) is 1. The molecule has 3 heteroatoms. The number of rotatable bonds is 2. The Kier molecular flexibility index (Phi) is 4.09. The van der Waals surface area contributed by atoms with E-state index in [0.717, 1.165) is 46.4 Å². The van der Waals surface area contributed by atoms with E-state index < -0.39 is 0 Å². The van der Waals surface area contributed by atoms with Crippen molar-refractivity contribution in [2.45, 2.75) is 59.5 Å². The fourth-order valence-corrected chi connectivity index (χ4v) is 3.69. The van der Waals surface area contributed by atoms with Crippen LogP contribution in [-0.4, -0.2) is 22.5 Å². The molecule has 1 unspecified atom stereocenters. The highest BCUT2D eigenvalue weighted by molar-refractivity contribution is 5.83. The van der Waals surface area contributed by atoms with Gasteiger partial charge < -0.3 is 4.98 Å². The molecule has 0 aliphatic carbocycles. The Hall–Kier alpha value is -1.61. The van der Waals surface area contributed by atoms with E-state index >= 15 is 0 Å². The predicted octanol–water partition coefficient (Wildman–Crippen LogP) is 3.83. The number of nitrogens with zero attached hydrogens (tertiary/aromatic N) is 1. The van der Waals surface area contributed by atoms with Gasteiger partial charge in [0.2, 0.25) is 0 Å². The highest BCUT2D eigenvalue weighted by Gasteiger charge is 2.21. The summed E-state index contributed by atoms with van der Waals surface area (Å²) in [6.07, 6.45) is 3.79. The second kappa shape index (κ2) is 5.88. The Morgan fingerprint density at radius 2 is 2.00 bits per heavy atom. The van der Waals surface area contributed by atoms with Crippen LogP contribution in [0.5, 0.6) is 0 Å². The third-order valence-electron chi connectivity index (χ3n) is 5.07. The number of aromatic nitrogens is 1. The Bertz CT molecular complexity index is 760. The van der Waals surface area contributed by atoms with Crippen LogP contribution < -0.4 is 5.43 Å². The average molecular weight is 298 g/mol. The lowest BCUT2D eigenvalue weighted by Gasteiger charge is -2.33. The van der Waals surface area contributed by atoms with Gasteiger partial charge in [0.1, 0.15) is 0 Å². The monoisotopic (exact) mass is 298 g/mol. The number of piperidine rings is 1. The first-order chi connectivity index (χ1) is 10.5. The minimum Gasteiger partial charge on any atom is -0.358 e. The zero-order valence-corrected chi connectivity index (χ0v) is 14.1. The predicted molar refractivity (Wildman–Crippen MR) is 92.5 cm³/mol. The molecule has 1 aliphatic heterocycles. The molecule has 0 amide bonds. The van der Waals surface area contributed by atoms with Crippen molar-refractivity contribution in [3.63, 3.8) is 0 Å². The molecule has 1 saturated heterocycles. The van der Waals surface area contributed by atoms with Crippen molar-refractivity contribution in [3.8, 4) is 0 Å². The van der Waals surface area contributed by atoms with Crippen LogP contribution in [0.1, 0.15) is 48.6 Å². The maximum atomic E-state index is 13.0. The summed E-state index contributed by atoms with van der Waals surface area (Å²) in [5, 5.41) is 0.836. The summed E-state index contributed by atoms with van der Waals surface area (Å²) in [7, 11) is 0.